The molecule has 0 spiro atoms. The van der Waals surface area contributed by atoms with Gasteiger partial charge in [-0.1, -0.05) is 20.3 Å². The summed E-state index contributed by atoms with van der Waals surface area (Å²) >= 11 is 0. The van der Waals surface area contributed by atoms with Crippen LogP contribution in [-0.2, 0) is 0 Å². The predicted molar refractivity (Wildman–Crippen MR) is 79.8 cm³/mol. The van der Waals surface area contributed by atoms with Crippen LogP contribution in [0.4, 0.5) is 0 Å². The molecule has 0 aromatic rings. The van der Waals surface area contributed by atoms with Gasteiger partial charge in [-0.2, -0.15) is 0 Å². The van der Waals surface area contributed by atoms with Crippen LogP contribution in [0.25, 0.3) is 0 Å². The van der Waals surface area contributed by atoms with Crippen molar-refractivity contribution in [2.45, 2.75) is 52.0 Å². The van der Waals surface area contributed by atoms with Gasteiger partial charge in [0.1, 0.15) is 0 Å². The van der Waals surface area contributed by atoms with Gasteiger partial charge in [0.15, 0.2) is 0 Å². The molecule has 1 rings (SSSR count). The minimum atomic E-state index is 0.327. The molecule has 1 atom stereocenters. The smallest absolute Gasteiger partial charge is 0.0223 e. The van der Waals surface area contributed by atoms with E-state index in [0.29, 0.717) is 5.41 Å². The number of likely N-dealkylation sites (N-methyl/N-ethyl adjacent to an activating group) is 1. The molecule has 1 aliphatic rings. The molecule has 0 amide bonds. The van der Waals surface area contributed by atoms with Crippen LogP contribution in [0.1, 0.15) is 46.0 Å². The molecule has 0 bridgehead atoms. The van der Waals surface area contributed by atoms with Gasteiger partial charge in [-0.25, -0.2) is 0 Å². The molecule has 0 aromatic carbocycles. The van der Waals surface area contributed by atoms with Gasteiger partial charge < -0.3 is 10.6 Å². The average molecular weight is 255 g/mol. The van der Waals surface area contributed by atoms with Crippen molar-refractivity contribution in [3.8, 4) is 0 Å². The molecule has 1 heterocycles. The van der Waals surface area contributed by atoms with Gasteiger partial charge in [-0.05, 0) is 64.8 Å². The minimum Gasteiger partial charge on any atom is -0.330 e. The maximum Gasteiger partial charge on any atom is 0.0223 e. The molecular formula is C15H33N3. The molecule has 108 valence electrons. The third-order valence-electron chi connectivity index (χ3n) is 4.18. The molecule has 1 aliphatic heterocycles. The van der Waals surface area contributed by atoms with Gasteiger partial charge in [0.2, 0.25) is 0 Å². The van der Waals surface area contributed by atoms with E-state index in [-0.39, 0.29) is 0 Å². The fourth-order valence-electron chi connectivity index (χ4n) is 2.84. The lowest BCUT2D eigenvalue weighted by Crippen LogP contribution is -2.38. The Morgan fingerprint density at radius 2 is 2.00 bits per heavy atom. The van der Waals surface area contributed by atoms with Crippen LogP contribution in [0.3, 0.4) is 0 Å². The summed E-state index contributed by atoms with van der Waals surface area (Å²) in [5, 5.41) is 0. The third kappa shape index (κ3) is 5.68. The summed E-state index contributed by atoms with van der Waals surface area (Å²) < 4.78 is 0. The Balaban J connectivity index is 2.18. The lowest BCUT2D eigenvalue weighted by atomic mass is 9.87. The topological polar surface area (TPSA) is 32.5 Å². The van der Waals surface area contributed by atoms with Crippen molar-refractivity contribution < 1.29 is 0 Å². The summed E-state index contributed by atoms with van der Waals surface area (Å²) in [6.07, 6.45) is 6.66. The van der Waals surface area contributed by atoms with Gasteiger partial charge in [0.25, 0.3) is 0 Å². The molecule has 0 radical (unpaired) electrons. The van der Waals surface area contributed by atoms with Crippen molar-refractivity contribution in [2.75, 3.05) is 40.3 Å². The Hall–Kier alpha value is -0.120. The maximum atomic E-state index is 5.77. The molecule has 0 saturated carbocycles. The van der Waals surface area contributed by atoms with Gasteiger partial charge >= 0.3 is 0 Å². The Kier molecular flexibility index (Phi) is 6.61. The largest absolute Gasteiger partial charge is 0.330 e. The number of rotatable bonds is 8. The molecule has 18 heavy (non-hydrogen) atoms. The number of hydrogen-bond donors (Lipinski definition) is 1. The van der Waals surface area contributed by atoms with E-state index in [1.54, 1.807) is 0 Å². The summed E-state index contributed by atoms with van der Waals surface area (Å²) in [4.78, 5) is 5.01. The van der Waals surface area contributed by atoms with E-state index in [0.717, 1.165) is 12.6 Å². The zero-order valence-electron chi connectivity index (χ0n) is 12.9. The monoisotopic (exact) mass is 255 g/mol. The molecule has 0 aliphatic carbocycles. The molecule has 2 N–H and O–H groups in total. The van der Waals surface area contributed by atoms with Crippen molar-refractivity contribution in [1.29, 1.82) is 0 Å². The van der Waals surface area contributed by atoms with E-state index >= 15 is 0 Å². The van der Waals surface area contributed by atoms with Crippen molar-refractivity contribution in [3.05, 3.63) is 0 Å². The predicted octanol–water partition coefficient (Wildman–Crippen LogP) is 2.17. The quantitative estimate of drug-likeness (QED) is 0.675. The van der Waals surface area contributed by atoms with Crippen LogP contribution in [0, 0.1) is 5.41 Å². The zero-order chi connectivity index (χ0) is 13.6. The van der Waals surface area contributed by atoms with E-state index in [4.69, 9.17) is 5.73 Å². The molecule has 0 aromatic heterocycles. The maximum absolute atomic E-state index is 5.77. The second-order valence-electron chi connectivity index (χ2n) is 6.92. The van der Waals surface area contributed by atoms with Gasteiger partial charge in [0, 0.05) is 12.6 Å². The van der Waals surface area contributed by atoms with Crippen LogP contribution in [-0.4, -0.2) is 56.1 Å². The van der Waals surface area contributed by atoms with Gasteiger partial charge in [0.05, 0.1) is 0 Å². The van der Waals surface area contributed by atoms with Crippen molar-refractivity contribution >= 4 is 0 Å². The number of nitrogens with two attached hydrogens (primary N) is 1. The summed E-state index contributed by atoms with van der Waals surface area (Å²) in [5.41, 5.74) is 6.10. The summed E-state index contributed by atoms with van der Waals surface area (Å²) in [7, 11) is 4.36. The molecule has 3 heteroatoms. The number of likely N-dealkylation sites (tertiary alicyclic amines) is 1. The molecular weight excluding hydrogens is 222 g/mol. The van der Waals surface area contributed by atoms with Crippen LogP contribution in [0.2, 0.25) is 0 Å². The zero-order valence-corrected chi connectivity index (χ0v) is 12.9. The second kappa shape index (κ2) is 7.46. The molecule has 1 fully saturated rings. The van der Waals surface area contributed by atoms with Crippen LogP contribution < -0.4 is 5.73 Å². The van der Waals surface area contributed by atoms with Crippen LogP contribution in [0.15, 0.2) is 0 Å². The Bertz CT molecular complexity index is 226. The highest BCUT2D eigenvalue weighted by atomic mass is 15.2. The molecule has 3 nitrogen and oxygen atoms in total. The van der Waals surface area contributed by atoms with Crippen molar-refractivity contribution in [2.24, 2.45) is 11.1 Å². The highest BCUT2D eigenvalue weighted by Crippen LogP contribution is 2.23. The van der Waals surface area contributed by atoms with E-state index < -0.39 is 0 Å². The van der Waals surface area contributed by atoms with Crippen molar-refractivity contribution in [3.63, 3.8) is 0 Å². The summed E-state index contributed by atoms with van der Waals surface area (Å²) in [6.45, 7) is 9.15. The van der Waals surface area contributed by atoms with Gasteiger partial charge in [-0.3, -0.25) is 4.90 Å². The first kappa shape index (κ1) is 15.9. The van der Waals surface area contributed by atoms with Crippen LogP contribution in [0.5, 0.6) is 0 Å². The normalized spacial score (nSPS) is 22.0. The van der Waals surface area contributed by atoms with E-state index in [1.165, 1.54) is 51.7 Å². The summed E-state index contributed by atoms with van der Waals surface area (Å²) in [5.74, 6) is 0. The van der Waals surface area contributed by atoms with E-state index in [1.807, 2.05) is 0 Å². The summed E-state index contributed by atoms with van der Waals surface area (Å²) in [6, 6.07) is 0.794. The Morgan fingerprint density at radius 1 is 1.28 bits per heavy atom. The first-order valence-corrected chi connectivity index (χ1v) is 7.53. The molecule has 1 saturated heterocycles. The van der Waals surface area contributed by atoms with E-state index in [2.05, 4.69) is 37.7 Å². The van der Waals surface area contributed by atoms with Crippen molar-refractivity contribution in [1.82, 2.24) is 9.80 Å². The highest BCUT2D eigenvalue weighted by molar-refractivity contribution is 4.81. The Labute approximate surface area is 114 Å². The minimum absolute atomic E-state index is 0.327. The Morgan fingerprint density at radius 3 is 2.61 bits per heavy atom. The first-order valence-electron chi connectivity index (χ1n) is 7.53. The number of nitrogens with zero attached hydrogens (tertiary/aromatic N) is 2. The average Bonchev–Trinajstić information content (AvgIpc) is 2.71. The van der Waals surface area contributed by atoms with Gasteiger partial charge in [-0.15, -0.1) is 0 Å². The first-order chi connectivity index (χ1) is 8.44. The van der Waals surface area contributed by atoms with Crippen LogP contribution >= 0.6 is 0 Å². The molecule has 1 unspecified atom stereocenters. The number of hydrogen-bond acceptors (Lipinski definition) is 3. The highest BCUT2D eigenvalue weighted by Gasteiger charge is 2.24. The SMILES string of the molecule is CN(C)CC1CCCN1CCCCC(C)(C)CN. The van der Waals surface area contributed by atoms with E-state index in [9.17, 15) is 0 Å². The number of unbranched alkanes of at least 4 members (excludes halogenated alkanes) is 1. The standard InChI is InChI=1S/C15H33N3/c1-15(2,13-16)9-5-6-10-18-11-7-8-14(18)12-17(3)4/h14H,5-13,16H2,1-4H3. The lowest BCUT2D eigenvalue weighted by Gasteiger charge is -2.28. The third-order valence-corrected chi connectivity index (χ3v) is 4.18. The fourth-order valence-corrected chi connectivity index (χ4v) is 2.84. The lowest BCUT2D eigenvalue weighted by molar-refractivity contribution is 0.200. The second-order valence-corrected chi connectivity index (χ2v) is 6.92. The fraction of sp³-hybridized carbons (Fsp3) is 1.00.